The lowest BCUT2D eigenvalue weighted by molar-refractivity contribution is 0.337. The van der Waals surface area contributed by atoms with Gasteiger partial charge in [0.25, 0.3) is 0 Å². The number of hydrogen-bond acceptors (Lipinski definition) is 2. The predicted octanol–water partition coefficient (Wildman–Crippen LogP) is 1.36. The second-order valence-electron chi connectivity index (χ2n) is 2.25. The van der Waals surface area contributed by atoms with Crippen LogP contribution < -0.4 is 0 Å². The van der Waals surface area contributed by atoms with Crippen LogP contribution in [0.5, 0.6) is 0 Å². The monoisotopic (exact) mass is 131 g/mol. The topological polar surface area (TPSA) is 3.24 Å². The first-order chi connectivity index (χ1) is 3.84. The number of hydrogen-bond donors (Lipinski definition) is 1. The third kappa shape index (κ3) is 1.17. The van der Waals surface area contributed by atoms with Gasteiger partial charge in [-0.1, -0.05) is 6.92 Å². The molecule has 1 unspecified atom stereocenters. The third-order valence-electron chi connectivity index (χ3n) is 1.74. The van der Waals surface area contributed by atoms with E-state index in [9.17, 15) is 0 Å². The van der Waals surface area contributed by atoms with Crippen molar-refractivity contribution in [2.45, 2.75) is 25.1 Å². The molecule has 0 radical (unpaired) electrons. The highest BCUT2D eigenvalue weighted by Gasteiger charge is 2.17. The second-order valence-corrected chi connectivity index (χ2v) is 2.85. The van der Waals surface area contributed by atoms with Crippen molar-refractivity contribution in [2.24, 2.45) is 0 Å². The van der Waals surface area contributed by atoms with E-state index >= 15 is 0 Å². The third-order valence-corrected chi connectivity index (χ3v) is 2.32. The van der Waals surface area contributed by atoms with E-state index in [1.807, 2.05) is 0 Å². The van der Waals surface area contributed by atoms with E-state index in [1.165, 1.54) is 19.4 Å². The second kappa shape index (κ2) is 2.74. The minimum Gasteiger partial charge on any atom is -0.292 e. The molecular formula is C6H13NS. The van der Waals surface area contributed by atoms with Crippen LogP contribution in [-0.2, 0) is 0 Å². The first kappa shape index (κ1) is 6.43. The maximum absolute atomic E-state index is 4.39. The van der Waals surface area contributed by atoms with Gasteiger partial charge in [0.1, 0.15) is 0 Å². The van der Waals surface area contributed by atoms with E-state index in [4.69, 9.17) is 0 Å². The Balaban J connectivity index is 2.30. The number of thiol groups is 1. The lowest BCUT2D eigenvalue weighted by Gasteiger charge is -2.16. The zero-order chi connectivity index (χ0) is 5.98. The van der Waals surface area contributed by atoms with Crippen LogP contribution in [0.4, 0.5) is 0 Å². The Kier molecular flexibility index (Phi) is 2.20. The molecule has 1 aliphatic rings. The van der Waals surface area contributed by atoms with Crippen LogP contribution in [0, 0.1) is 0 Å². The molecule has 1 heterocycles. The van der Waals surface area contributed by atoms with Crippen molar-refractivity contribution in [3.05, 3.63) is 0 Å². The molecule has 1 fully saturated rings. The lowest BCUT2D eigenvalue weighted by atomic mass is 10.4. The fourth-order valence-corrected chi connectivity index (χ4v) is 1.64. The van der Waals surface area contributed by atoms with Gasteiger partial charge in [0.05, 0.1) is 5.37 Å². The standard InChI is InChI=1S/C6H13NS/c1-2-7-5-3-4-6(7)8/h6,8H,2-5H2,1H3. The minimum atomic E-state index is 0.556. The number of rotatable bonds is 1. The van der Waals surface area contributed by atoms with E-state index < -0.39 is 0 Å². The van der Waals surface area contributed by atoms with Gasteiger partial charge in [-0.25, -0.2) is 0 Å². The zero-order valence-corrected chi connectivity index (χ0v) is 6.19. The van der Waals surface area contributed by atoms with Gasteiger partial charge in [-0.3, -0.25) is 4.90 Å². The van der Waals surface area contributed by atoms with Crippen molar-refractivity contribution < 1.29 is 0 Å². The van der Waals surface area contributed by atoms with Crippen molar-refractivity contribution in [3.8, 4) is 0 Å². The van der Waals surface area contributed by atoms with E-state index in [0.717, 1.165) is 6.54 Å². The normalized spacial score (nSPS) is 31.5. The number of nitrogens with zero attached hydrogens (tertiary/aromatic N) is 1. The molecule has 0 aromatic rings. The van der Waals surface area contributed by atoms with Crippen molar-refractivity contribution in [2.75, 3.05) is 13.1 Å². The summed E-state index contributed by atoms with van der Waals surface area (Å²) in [6.07, 6.45) is 2.61. The summed E-state index contributed by atoms with van der Waals surface area (Å²) < 4.78 is 0. The molecule has 1 nitrogen and oxygen atoms in total. The Labute approximate surface area is 56.5 Å². The molecule has 0 N–H and O–H groups in total. The van der Waals surface area contributed by atoms with Crippen molar-refractivity contribution in [1.82, 2.24) is 4.90 Å². The highest BCUT2D eigenvalue weighted by molar-refractivity contribution is 7.80. The summed E-state index contributed by atoms with van der Waals surface area (Å²) in [4.78, 5) is 2.39. The molecule has 1 rings (SSSR count). The van der Waals surface area contributed by atoms with E-state index in [2.05, 4.69) is 24.5 Å². The summed E-state index contributed by atoms with van der Waals surface area (Å²) in [5, 5.41) is 0.556. The van der Waals surface area contributed by atoms with Crippen LogP contribution in [0.3, 0.4) is 0 Å². The van der Waals surface area contributed by atoms with Crippen LogP contribution in [0.25, 0.3) is 0 Å². The first-order valence-electron chi connectivity index (χ1n) is 3.26. The molecule has 0 bridgehead atoms. The Morgan fingerprint density at radius 2 is 2.50 bits per heavy atom. The van der Waals surface area contributed by atoms with Gasteiger partial charge >= 0.3 is 0 Å². The van der Waals surface area contributed by atoms with Gasteiger partial charge < -0.3 is 0 Å². The molecule has 1 saturated heterocycles. The van der Waals surface area contributed by atoms with Crippen LogP contribution in [-0.4, -0.2) is 23.4 Å². The molecular weight excluding hydrogens is 118 g/mol. The van der Waals surface area contributed by atoms with Crippen molar-refractivity contribution in [3.63, 3.8) is 0 Å². The Bertz CT molecular complexity index is 74.9. The van der Waals surface area contributed by atoms with Crippen molar-refractivity contribution >= 4 is 12.6 Å². The maximum atomic E-state index is 4.39. The molecule has 48 valence electrons. The summed E-state index contributed by atoms with van der Waals surface area (Å²) in [6, 6.07) is 0. The fraction of sp³-hybridized carbons (Fsp3) is 1.00. The van der Waals surface area contributed by atoms with Gasteiger partial charge in [-0.2, -0.15) is 12.6 Å². The first-order valence-corrected chi connectivity index (χ1v) is 3.78. The van der Waals surface area contributed by atoms with Crippen LogP contribution >= 0.6 is 12.6 Å². The van der Waals surface area contributed by atoms with Gasteiger partial charge in [0.15, 0.2) is 0 Å². The van der Waals surface area contributed by atoms with Gasteiger partial charge in [0.2, 0.25) is 0 Å². The Morgan fingerprint density at radius 1 is 1.75 bits per heavy atom. The zero-order valence-electron chi connectivity index (χ0n) is 5.30. The largest absolute Gasteiger partial charge is 0.292 e. The van der Waals surface area contributed by atoms with Crippen LogP contribution in [0.15, 0.2) is 0 Å². The summed E-state index contributed by atoms with van der Waals surface area (Å²) >= 11 is 4.39. The molecule has 1 atom stereocenters. The van der Waals surface area contributed by atoms with E-state index in [1.54, 1.807) is 0 Å². The fourth-order valence-electron chi connectivity index (χ4n) is 1.18. The molecule has 0 aromatic carbocycles. The van der Waals surface area contributed by atoms with Gasteiger partial charge in [0, 0.05) is 0 Å². The summed E-state index contributed by atoms with van der Waals surface area (Å²) in [7, 11) is 0. The molecule has 0 aliphatic carbocycles. The van der Waals surface area contributed by atoms with Crippen LogP contribution in [0.1, 0.15) is 19.8 Å². The summed E-state index contributed by atoms with van der Waals surface area (Å²) in [6.45, 7) is 4.60. The van der Waals surface area contributed by atoms with Gasteiger partial charge in [-0.05, 0) is 25.9 Å². The quantitative estimate of drug-likeness (QED) is 0.526. The molecule has 1 aliphatic heterocycles. The number of likely N-dealkylation sites (tertiary alicyclic amines) is 1. The highest BCUT2D eigenvalue weighted by Crippen LogP contribution is 2.18. The average Bonchev–Trinajstić information content (AvgIpc) is 2.14. The summed E-state index contributed by atoms with van der Waals surface area (Å²) in [5.41, 5.74) is 0. The average molecular weight is 131 g/mol. The Hall–Kier alpha value is 0.310. The molecule has 2 heteroatoms. The lowest BCUT2D eigenvalue weighted by Crippen LogP contribution is -2.24. The predicted molar refractivity (Wildman–Crippen MR) is 39.3 cm³/mol. The molecule has 8 heavy (non-hydrogen) atoms. The smallest absolute Gasteiger partial charge is 0.0527 e. The van der Waals surface area contributed by atoms with E-state index in [0.29, 0.717) is 5.37 Å². The van der Waals surface area contributed by atoms with E-state index in [-0.39, 0.29) is 0 Å². The van der Waals surface area contributed by atoms with Crippen LogP contribution in [0.2, 0.25) is 0 Å². The van der Waals surface area contributed by atoms with Crippen molar-refractivity contribution in [1.29, 1.82) is 0 Å². The summed E-state index contributed by atoms with van der Waals surface area (Å²) in [5.74, 6) is 0. The maximum Gasteiger partial charge on any atom is 0.0527 e. The highest BCUT2D eigenvalue weighted by atomic mass is 32.1. The SMILES string of the molecule is CCN1CCCC1S. The Morgan fingerprint density at radius 3 is 2.75 bits per heavy atom. The molecule has 0 spiro atoms. The molecule has 0 saturated carbocycles. The molecule has 0 aromatic heterocycles. The molecule has 0 amide bonds. The van der Waals surface area contributed by atoms with Gasteiger partial charge in [-0.15, -0.1) is 0 Å². The minimum absolute atomic E-state index is 0.556.